The van der Waals surface area contributed by atoms with Crippen LogP contribution in [-0.4, -0.2) is 0 Å². The second-order valence-electron chi connectivity index (χ2n) is 8.78. The van der Waals surface area contributed by atoms with Gasteiger partial charge in [0.15, 0.2) is 0 Å². The maximum absolute atomic E-state index is 3.89. The summed E-state index contributed by atoms with van der Waals surface area (Å²) in [4.78, 5) is 0. The van der Waals surface area contributed by atoms with Gasteiger partial charge in [0.1, 0.15) is 0 Å². The second kappa shape index (κ2) is 13.1. The molecule has 0 spiro atoms. The Balaban J connectivity index is 0.000000201. The van der Waals surface area contributed by atoms with Gasteiger partial charge < -0.3 is 0 Å². The molecule has 0 aliphatic heterocycles. The van der Waals surface area contributed by atoms with Crippen molar-refractivity contribution in [2.24, 2.45) is 0 Å². The fourth-order valence-corrected chi connectivity index (χ4v) is 4.70. The Labute approximate surface area is 217 Å². The quantitative estimate of drug-likeness (QED) is 0.241. The third kappa shape index (κ3) is 6.09. The van der Waals surface area contributed by atoms with Gasteiger partial charge in [0.05, 0.1) is 0 Å². The molecule has 0 nitrogen and oxygen atoms in total. The van der Waals surface area contributed by atoms with Crippen LogP contribution in [0.1, 0.15) is 70.2 Å². The summed E-state index contributed by atoms with van der Waals surface area (Å²) < 4.78 is 0. The summed E-state index contributed by atoms with van der Waals surface area (Å²) in [7, 11) is 0. The fourth-order valence-electron chi connectivity index (χ4n) is 4.70. The van der Waals surface area contributed by atoms with E-state index in [-0.39, 0.29) is 0 Å². The SMILES string of the molecule is C=Cc1ccccc1C(C)c1ccccc1C=C.C=Cc1ccccc1C(C)c1ccccc1C=C. The summed E-state index contributed by atoms with van der Waals surface area (Å²) in [5.74, 6) is 0.682. The first kappa shape index (κ1) is 26.4. The standard InChI is InChI=1S/2C18H18/c2*1-4-15-10-6-8-12-17(15)14(3)18-13-9-7-11-16(18)5-2/h2*4-14H,1-2H2,3H3. The molecule has 4 aromatic rings. The van der Waals surface area contributed by atoms with Crippen molar-refractivity contribution in [1.82, 2.24) is 0 Å². The zero-order valence-corrected chi connectivity index (χ0v) is 21.5. The summed E-state index contributed by atoms with van der Waals surface area (Å²) in [6.07, 6.45) is 7.68. The third-order valence-electron chi connectivity index (χ3n) is 6.73. The first-order chi connectivity index (χ1) is 17.5. The van der Waals surface area contributed by atoms with Crippen LogP contribution in [0.25, 0.3) is 24.3 Å². The van der Waals surface area contributed by atoms with E-state index in [1.54, 1.807) is 0 Å². The maximum atomic E-state index is 3.89. The van der Waals surface area contributed by atoms with Crippen LogP contribution in [0.4, 0.5) is 0 Å². The van der Waals surface area contributed by atoms with Crippen LogP contribution >= 0.6 is 0 Å². The largest absolute Gasteiger partial charge is 0.0985 e. The van der Waals surface area contributed by atoms with E-state index < -0.39 is 0 Å². The minimum absolute atomic E-state index is 0.341. The van der Waals surface area contributed by atoms with Gasteiger partial charge in [0, 0.05) is 11.8 Å². The van der Waals surface area contributed by atoms with Crippen LogP contribution < -0.4 is 0 Å². The van der Waals surface area contributed by atoms with Crippen molar-refractivity contribution in [3.05, 3.63) is 168 Å². The molecule has 0 N–H and O–H groups in total. The van der Waals surface area contributed by atoms with Crippen molar-refractivity contribution < 1.29 is 0 Å². The molecule has 0 aromatic heterocycles. The van der Waals surface area contributed by atoms with Gasteiger partial charge in [-0.05, 0) is 44.5 Å². The van der Waals surface area contributed by atoms with E-state index in [1.807, 2.05) is 48.6 Å². The lowest BCUT2D eigenvalue weighted by molar-refractivity contribution is 0.916. The minimum Gasteiger partial charge on any atom is -0.0985 e. The number of rotatable bonds is 8. The molecule has 4 rings (SSSR count). The van der Waals surface area contributed by atoms with Gasteiger partial charge in [-0.25, -0.2) is 0 Å². The van der Waals surface area contributed by atoms with Crippen LogP contribution in [0.15, 0.2) is 123 Å². The molecule has 0 unspecified atom stereocenters. The Morgan fingerprint density at radius 3 is 0.778 bits per heavy atom. The van der Waals surface area contributed by atoms with Crippen molar-refractivity contribution in [2.45, 2.75) is 25.7 Å². The van der Waals surface area contributed by atoms with E-state index in [1.165, 1.54) is 44.5 Å². The first-order valence-corrected chi connectivity index (χ1v) is 12.4. The van der Waals surface area contributed by atoms with Gasteiger partial charge in [0.25, 0.3) is 0 Å². The Morgan fingerprint density at radius 1 is 0.389 bits per heavy atom. The van der Waals surface area contributed by atoms with Crippen LogP contribution in [0.5, 0.6) is 0 Å². The topological polar surface area (TPSA) is 0 Å². The molecule has 36 heavy (non-hydrogen) atoms. The van der Waals surface area contributed by atoms with Crippen molar-refractivity contribution in [3.63, 3.8) is 0 Å². The molecule has 0 atom stereocenters. The molecule has 0 saturated carbocycles. The number of hydrogen-bond donors (Lipinski definition) is 0. The Morgan fingerprint density at radius 2 is 0.583 bits per heavy atom. The van der Waals surface area contributed by atoms with Crippen LogP contribution in [0.2, 0.25) is 0 Å². The molecule has 0 heterocycles. The van der Waals surface area contributed by atoms with E-state index in [0.717, 1.165) is 0 Å². The molecule has 0 radical (unpaired) electrons. The normalized spacial score (nSPS) is 10.3. The number of hydrogen-bond acceptors (Lipinski definition) is 0. The van der Waals surface area contributed by atoms with Gasteiger partial charge in [-0.3, -0.25) is 0 Å². The summed E-state index contributed by atoms with van der Waals surface area (Å²) in [5, 5.41) is 0. The molecule has 0 amide bonds. The van der Waals surface area contributed by atoms with Gasteiger partial charge in [-0.2, -0.15) is 0 Å². The van der Waals surface area contributed by atoms with Crippen molar-refractivity contribution in [1.29, 1.82) is 0 Å². The predicted molar refractivity (Wildman–Crippen MR) is 161 cm³/mol. The smallest absolute Gasteiger partial charge is 0.00728 e. The molecular weight excluding hydrogens is 432 g/mol. The van der Waals surface area contributed by atoms with Crippen LogP contribution in [-0.2, 0) is 0 Å². The molecular formula is C36H36. The predicted octanol–water partition coefficient (Wildman–Crippen LogP) is 10.2. The molecule has 4 aromatic carbocycles. The summed E-state index contributed by atoms with van der Waals surface area (Å²) >= 11 is 0. The number of benzene rings is 4. The van der Waals surface area contributed by atoms with Gasteiger partial charge in [0.2, 0.25) is 0 Å². The average Bonchev–Trinajstić information content (AvgIpc) is 2.96. The lowest BCUT2D eigenvalue weighted by Crippen LogP contribution is -2.00. The van der Waals surface area contributed by atoms with Crippen molar-refractivity contribution in [3.8, 4) is 0 Å². The Bertz CT molecular complexity index is 1130. The zero-order chi connectivity index (χ0) is 25.9. The van der Waals surface area contributed by atoms with Gasteiger partial charge in [-0.1, -0.05) is 162 Å². The molecule has 0 bridgehead atoms. The summed E-state index contributed by atoms with van der Waals surface area (Å²) in [5.41, 5.74) is 10.0. The average molecular weight is 469 g/mol. The van der Waals surface area contributed by atoms with Gasteiger partial charge in [-0.15, -0.1) is 0 Å². The third-order valence-corrected chi connectivity index (χ3v) is 6.73. The highest BCUT2D eigenvalue weighted by Gasteiger charge is 2.14. The Hall–Kier alpha value is -4.16. The zero-order valence-electron chi connectivity index (χ0n) is 21.5. The molecule has 0 aliphatic carbocycles. The van der Waals surface area contributed by atoms with E-state index in [2.05, 4.69) is 113 Å². The minimum atomic E-state index is 0.341. The highest BCUT2D eigenvalue weighted by atomic mass is 14.2. The monoisotopic (exact) mass is 468 g/mol. The highest BCUT2D eigenvalue weighted by Crippen LogP contribution is 2.31. The molecule has 0 aliphatic rings. The molecule has 0 fully saturated rings. The fraction of sp³-hybridized carbons (Fsp3) is 0.111. The van der Waals surface area contributed by atoms with Crippen LogP contribution in [0, 0.1) is 0 Å². The van der Waals surface area contributed by atoms with Crippen molar-refractivity contribution >= 4 is 24.3 Å². The first-order valence-electron chi connectivity index (χ1n) is 12.4. The lowest BCUT2D eigenvalue weighted by atomic mass is 9.87. The lowest BCUT2D eigenvalue weighted by Gasteiger charge is -2.17. The van der Waals surface area contributed by atoms with E-state index in [4.69, 9.17) is 0 Å². The van der Waals surface area contributed by atoms with Crippen LogP contribution in [0.3, 0.4) is 0 Å². The van der Waals surface area contributed by atoms with E-state index in [0.29, 0.717) is 11.8 Å². The summed E-state index contributed by atoms with van der Waals surface area (Å²) in [6.45, 7) is 20.0. The molecule has 0 saturated heterocycles. The summed E-state index contributed by atoms with van der Waals surface area (Å²) in [6, 6.07) is 33.6. The molecule has 180 valence electrons. The van der Waals surface area contributed by atoms with Crippen molar-refractivity contribution in [2.75, 3.05) is 0 Å². The van der Waals surface area contributed by atoms with E-state index >= 15 is 0 Å². The maximum Gasteiger partial charge on any atom is 0.00728 e. The van der Waals surface area contributed by atoms with E-state index in [9.17, 15) is 0 Å². The highest BCUT2D eigenvalue weighted by molar-refractivity contribution is 5.60. The second-order valence-corrected chi connectivity index (χ2v) is 8.78. The Kier molecular flexibility index (Phi) is 9.60. The molecule has 0 heteroatoms. The van der Waals surface area contributed by atoms with Gasteiger partial charge >= 0.3 is 0 Å².